The Morgan fingerprint density at radius 1 is 0.731 bits per heavy atom. The van der Waals surface area contributed by atoms with Crippen molar-refractivity contribution in [1.82, 2.24) is 31.9 Å². The van der Waals surface area contributed by atoms with Crippen LogP contribution in [-0.2, 0) is 41.6 Å². The topological polar surface area (TPSA) is 291 Å². The van der Waals surface area contributed by atoms with Crippen LogP contribution in [0.3, 0.4) is 0 Å². The zero-order chi connectivity index (χ0) is 38.8. The second-order valence-corrected chi connectivity index (χ2v) is 12.8. The number of nitrogens with two attached hydrogens (primary N) is 2. The average molecular weight is 726 g/mol. The minimum absolute atomic E-state index is 0.0364. The zero-order valence-corrected chi connectivity index (χ0v) is 29.6. The van der Waals surface area contributed by atoms with Gasteiger partial charge in [-0.15, -0.1) is 0 Å². The van der Waals surface area contributed by atoms with Crippen LogP contribution in [0.15, 0.2) is 54.6 Å². The van der Waals surface area contributed by atoms with Crippen molar-refractivity contribution >= 4 is 41.5 Å². The Balaban J connectivity index is 2.05. The molecular formula is C35H51N9O8. The Kier molecular flexibility index (Phi) is 17.5. The quantitative estimate of drug-likeness (QED) is 0.0420. The van der Waals surface area contributed by atoms with Crippen LogP contribution in [0.1, 0.15) is 51.2 Å². The fourth-order valence-electron chi connectivity index (χ4n) is 5.02. The van der Waals surface area contributed by atoms with Gasteiger partial charge in [0.05, 0.1) is 12.6 Å². The number of rotatable bonds is 21. The minimum Gasteiger partial charge on any atom is -0.508 e. The molecule has 17 heteroatoms. The number of nitrogens with one attached hydrogen (secondary N) is 7. The van der Waals surface area contributed by atoms with Crippen molar-refractivity contribution in [2.45, 2.75) is 83.1 Å². The lowest BCUT2D eigenvalue weighted by Crippen LogP contribution is -2.57. The minimum atomic E-state index is -1.27. The number of guanidine groups is 1. The van der Waals surface area contributed by atoms with Gasteiger partial charge in [0.25, 0.3) is 0 Å². The first-order valence-electron chi connectivity index (χ1n) is 16.9. The molecule has 0 aliphatic rings. The number of carboxylic acids is 1. The predicted molar refractivity (Wildman–Crippen MR) is 193 cm³/mol. The molecule has 17 nitrogen and oxygen atoms in total. The van der Waals surface area contributed by atoms with E-state index in [2.05, 4.69) is 31.9 Å². The molecule has 0 aromatic heterocycles. The SMILES string of the molecule is CC(C)CC(NC(=O)C(Cc1ccccc1)NC(=O)CNC(=O)[C@@H](C)NC(=O)C(N)Cc1ccc(O)cc1)C(=O)NC(CCCNC(=N)N)C(=O)O. The van der Waals surface area contributed by atoms with Crippen molar-refractivity contribution in [3.05, 3.63) is 65.7 Å². The highest BCUT2D eigenvalue weighted by atomic mass is 16.4. The van der Waals surface area contributed by atoms with Gasteiger partial charge < -0.3 is 53.6 Å². The molecule has 13 N–H and O–H groups in total. The molecular weight excluding hydrogens is 674 g/mol. The summed E-state index contributed by atoms with van der Waals surface area (Å²) in [7, 11) is 0. The number of amides is 5. The Bertz CT molecular complexity index is 1520. The smallest absolute Gasteiger partial charge is 0.326 e. The average Bonchev–Trinajstić information content (AvgIpc) is 3.08. The third-order valence-electron chi connectivity index (χ3n) is 7.78. The van der Waals surface area contributed by atoms with Crippen LogP contribution in [0.2, 0.25) is 0 Å². The van der Waals surface area contributed by atoms with Crippen LogP contribution in [0.4, 0.5) is 0 Å². The lowest BCUT2D eigenvalue weighted by Gasteiger charge is -2.26. The molecule has 2 rings (SSSR count). The summed E-state index contributed by atoms with van der Waals surface area (Å²) in [4.78, 5) is 77.1. The van der Waals surface area contributed by atoms with Gasteiger partial charge in [0, 0.05) is 13.0 Å². The monoisotopic (exact) mass is 725 g/mol. The van der Waals surface area contributed by atoms with Gasteiger partial charge in [0.15, 0.2) is 5.96 Å². The van der Waals surface area contributed by atoms with Crippen molar-refractivity contribution in [3.63, 3.8) is 0 Å². The number of phenols is 1. The number of hydrogen-bond acceptors (Lipinski definition) is 9. The van der Waals surface area contributed by atoms with Gasteiger partial charge in [0.2, 0.25) is 29.5 Å². The molecule has 0 saturated heterocycles. The summed E-state index contributed by atoms with van der Waals surface area (Å²) in [6.45, 7) is 4.76. The van der Waals surface area contributed by atoms with E-state index in [1.807, 2.05) is 13.8 Å². The Hall–Kier alpha value is -5.71. The summed E-state index contributed by atoms with van der Waals surface area (Å²) in [5, 5.41) is 41.6. The van der Waals surface area contributed by atoms with E-state index in [4.69, 9.17) is 16.9 Å². The molecule has 284 valence electrons. The molecule has 52 heavy (non-hydrogen) atoms. The van der Waals surface area contributed by atoms with Crippen molar-refractivity contribution in [2.75, 3.05) is 13.1 Å². The highest BCUT2D eigenvalue weighted by Crippen LogP contribution is 2.12. The number of hydrogen-bond donors (Lipinski definition) is 11. The number of carbonyl (C=O) groups excluding carboxylic acids is 5. The van der Waals surface area contributed by atoms with E-state index >= 15 is 0 Å². The second-order valence-electron chi connectivity index (χ2n) is 12.8. The van der Waals surface area contributed by atoms with Crippen LogP contribution in [-0.4, -0.2) is 95.0 Å². The first-order chi connectivity index (χ1) is 24.5. The van der Waals surface area contributed by atoms with Crippen molar-refractivity contribution in [1.29, 1.82) is 5.41 Å². The van der Waals surface area contributed by atoms with Gasteiger partial charge in [-0.1, -0.05) is 56.3 Å². The van der Waals surface area contributed by atoms with Gasteiger partial charge in [-0.25, -0.2) is 4.79 Å². The molecule has 0 fully saturated rings. The lowest BCUT2D eigenvalue weighted by atomic mass is 10.0. The molecule has 0 aliphatic heterocycles. The van der Waals surface area contributed by atoms with Gasteiger partial charge in [0.1, 0.15) is 29.9 Å². The van der Waals surface area contributed by atoms with Gasteiger partial charge >= 0.3 is 5.97 Å². The molecule has 0 bridgehead atoms. The second kappa shape index (κ2) is 21.5. The summed E-state index contributed by atoms with van der Waals surface area (Å²) in [6, 6.07) is 9.36. The maximum atomic E-state index is 13.6. The molecule has 0 heterocycles. The van der Waals surface area contributed by atoms with E-state index in [0.717, 1.165) is 0 Å². The summed E-state index contributed by atoms with van der Waals surface area (Å²) in [5.74, 6) is -4.97. The maximum Gasteiger partial charge on any atom is 0.326 e. The van der Waals surface area contributed by atoms with Crippen molar-refractivity contribution < 1.29 is 39.0 Å². The number of aliphatic carboxylic acids is 1. The van der Waals surface area contributed by atoms with E-state index < -0.39 is 72.3 Å². The van der Waals surface area contributed by atoms with Crippen LogP contribution >= 0.6 is 0 Å². The molecule has 2 aromatic carbocycles. The number of benzene rings is 2. The Labute approximate surface area is 302 Å². The molecule has 0 aliphatic carbocycles. The van der Waals surface area contributed by atoms with Gasteiger partial charge in [-0.3, -0.25) is 29.4 Å². The molecule has 0 spiro atoms. The van der Waals surface area contributed by atoms with E-state index in [1.165, 1.54) is 19.1 Å². The molecule has 4 unspecified atom stereocenters. The predicted octanol–water partition coefficient (Wildman–Crippen LogP) is -1.03. The normalized spacial score (nSPS) is 13.7. The first kappa shape index (κ1) is 42.5. The van der Waals surface area contributed by atoms with Gasteiger partial charge in [-0.2, -0.15) is 0 Å². The molecule has 5 amide bonds. The molecule has 0 saturated carbocycles. The third kappa shape index (κ3) is 15.9. The van der Waals surface area contributed by atoms with E-state index in [9.17, 15) is 39.0 Å². The Morgan fingerprint density at radius 3 is 1.92 bits per heavy atom. The summed E-state index contributed by atoms with van der Waals surface area (Å²) < 4.78 is 0. The highest BCUT2D eigenvalue weighted by molar-refractivity contribution is 5.95. The fourth-order valence-corrected chi connectivity index (χ4v) is 5.02. The maximum absolute atomic E-state index is 13.6. The summed E-state index contributed by atoms with van der Waals surface area (Å²) in [5.41, 5.74) is 12.6. The van der Waals surface area contributed by atoms with E-state index in [0.29, 0.717) is 17.5 Å². The highest BCUT2D eigenvalue weighted by Gasteiger charge is 2.30. The van der Waals surface area contributed by atoms with Crippen LogP contribution < -0.4 is 43.4 Å². The summed E-state index contributed by atoms with van der Waals surface area (Å²) in [6.07, 6.45) is 0.693. The van der Waals surface area contributed by atoms with Crippen LogP contribution in [0.25, 0.3) is 0 Å². The van der Waals surface area contributed by atoms with Crippen molar-refractivity contribution in [3.8, 4) is 5.75 Å². The van der Waals surface area contributed by atoms with Crippen LogP contribution in [0.5, 0.6) is 5.75 Å². The van der Waals surface area contributed by atoms with Crippen molar-refractivity contribution in [2.24, 2.45) is 17.4 Å². The molecule has 0 radical (unpaired) electrons. The molecule has 5 atom stereocenters. The standard InChI is InChI=1S/C35H51N9O8/c1-20(2)16-27(32(49)43-26(34(51)52)10-7-15-39-35(37)38)44-33(50)28(18-22-8-5-4-6-9-22)42-29(46)19-40-30(47)21(3)41-31(48)25(36)17-23-11-13-24(45)14-12-23/h4-6,8-9,11-14,20-21,25-28,45H,7,10,15-19,36H2,1-3H3,(H,40,47)(H,41,48)(H,42,46)(H,43,49)(H,44,50)(H,51,52)(H4,37,38,39)/t21-,25?,26?,27?,28?/m1/s1. The van der Waals surface area contributed by atoms with E-state index in [-0.39, 0.29) is 49.9 Å². The summed E-state index contributed by atoms with van der Waals surface area (Å²) >= 11 is 0. The fraction of sp³-hybridized carbons (Fsp3) is 0.457. The largest absolute Gasteiger partial charge is 0.508 e. The Morgan fingerprint density at radius 2 is 1.33 bits per heavy atom. The van der Waals surface area contributed by atoms with Gasteiger partial charge in [-0.05, 0) is 61.8 Å². The zero-order valence-electron chi connectivity index (χ0n) is 29.6. The third-order valence-corrected chi connectivity index (χ3v) is 7.78. The first-order valence-corrected chi connectivity index (χ1v) is 16.9. The molecule has 2 aromatic rings. The lowest BCUT2D eigenvalue weighted by molar-refractivity contribution is -0.142. The van der Waals surface area contributed by atoms with E-state index in [1.54, 1.807) is 42.5 Å². The number of aromatic hydroxyl groups is 1. The number of phenolic OH excluding ortho intramolecular Hbond substituents is 1. The van der Waals surface area contributed by atoms with Crippen LogP contribution in [0, 0.1) is 11.3 Å². The number of carboxylic acid groups (broad SMARTS) is 1. The number of carbonyl (C=O) groups is 6.